The van der Waals surface area contributed by atoms with E-state index >= 15 is 0 Å². The molecule has 0 N–H and O–H groups in total. The third-order valence-corrected chi connectivity index (χ3v) is 3.64. The quantitative estimate of drug-likeness (QED) is 0.689. The van der Waals surface area contributed by atoms with E-state index in [9.17, 15) is 4.39 Å². The average Bonchev–Trinajstić information content (AvgIpc) is 3.18. The van der Waals surface area contributed by atoms with Gasteiger partial charge in [0.2, 0.25) is 5.89 Å². The normalized spacial score (nSPS) is 11.2. The van der Waals surface area contributed by atoms with Crippen molar-refractivity contribution in [2.45, 2.75) is 20.0 Å². The van der Waals surface area contributed by atoms with Crippen LogP contribution in [0.2, 0.25) is 0 Å². The van der Waals surface area contributed by atoms with E-state index < -0.39 is 5.82 Å². The van der Waals surface area contributed by atoms with Crippen LogP contribution in [0.4, 0.5) is 4.39 Å². The monoisotopic (exact) mass is 331 g/mol. The Hall–Kier alpha value is -2.67. The molecule has 0 saturated carbocycles. The largest absolute Gasteiger partial charge is 0.497 e. The highest BCUT2D eigenvalue weighted by Gasteiger charge is 2.17. The minimum atomic E-state index is -0.403. The van der Waals surface area contributed by atoms with Gasteiger partial charge >= 0.3 is 0 Å². The summed E-state index contributed by atoms with van der Waals surface area (Å²) in [6.45, 7) is 2.98. The van der Waals surface area contributed by atoms with Crippen LogP contribution in [0.25, 0.3) is 11.5 Å². The van der Waals surface area contributed by atoms with Crippen molar-refractivity contribution in [3.63, 3.8) is 0 Å². The molecule has 2 aromatic heterocycles. The summed E-state index contributed by atoms with van der Waals surface area (Å²) in [5.74, 6) is 1.04. The molecular weight excluding hydrogens is 313 g/mol. The van der Waals surface area contributed by atoms with Gasteiger partial charge in [-0.25, -0.2) is 9.37 Å². The first-order valence-electron chi connectivity index (χ1n) is 7.45. The standard InChI is InChI=1S/C17H18FN3O3/c1-11-16(10-21(2)9-12-6-7-23-20-12)19-17(24-11)14-8-13(22-3)4-5-15(14)18/h4-8H,9-10H2,1-3H3. The zero-order valence-corrected chi connectivity index (χ0v) is 13.7. The number of benzene rings is 1. The number of oxazole rings is 1. The van der Waals surface area contributed by atoms with E-state index in [2.05, 4.69) is 10.1 Å². The average molecular weight is 331 g/mol. The van der Waals surface area contributed by atoms with E-state index in [1.807, 2.05) is 24.9 Å². The van der Waals surface area contributed by atoms with Gasteiger partial charge in [-0.3, -0.25) is 4.90 Å². The van der Waals surface area contributed by atoms with Gasteiger partial charge in [0.25, 0.3) is 0 Å². The lowest BCUT2D eigenvalue weighted by atomic mass is 10.2. The van der Waals surface area contributed by atoms with Crippen LogP contribution < -0.4 is 4.74 Å². The molecule has 0 spiro atoms. The second-order valence-electron chi connectivity index (χ2n) is 5.53. The molecule has 0 aliphatic rings. The molecule has 0 unspecified atom stereocenters. The van der Waals surface area contributed by atoms with Gasteiger partial charge in [-0.05, 0) is 32.2 Å². The maximum absolute atomic E-state index is 14.1. The second-order valence-corrected chi connectivity index (χ2v) is 5.53. The molecule has 2 heterocycles. The highest BCUT2D eigenvalue weighted by atomic mass is 19.1. The van der Waals surface area contributed by atoms with Crippen LogP contribution in [0.1, 0.15) is 17.1 Å². The topological polar surface area (TPSA) is 64.5 Å². The van der Waals surface area contributed by atoms with E-state index in [4.69, 9.17) is 13.7 Å². The summed E-state index contributed by atoms with van der Waals surface area (Å²) in [7, 11) is 3.47. The molecule has 0 atom stereocenters. The molecule has 6 nitrogen and oxygen atoms in total. The van der Waals surface area contributed by atoms with Crippen molar-refractivity contribution in [3.8, 4) is 17.2 Å². The molecule has 0 radical (unpaired) electrons. The predicted molar refractivity (Wildman–Crippen MR) is 84.9 cm³/mol. The summed E-state index contributed by atoms with van der Waals surface area (Å²) in [5, 5.41) is 3.88. The van der Waals surface area contributed by atoms with Gasteiger partial charge in [0.05, 0.1) is 24.1 Å². The number of halogens is 1. The number of ether oxygens (including phenoxy) is 1. The zero-order valence-electron chi connectivity index (χ0n) is 13.7. The molecule has 3 rings (SSSR count). The van der Waals surface area contributed by atoms with Crippen molar-refractivity contribution in [2.24, 2.45) is 0 Å². The third kappa shape index (κ3) is 3.46. The first-order chi connectivity index (χ1) is 11.6. The van der Waals surface area contributed by atoms with E-state index in [1.165, 1.54) is 19.4 Å². The van der Waals surface area contributed by atoms with Gasteiger partial charge in [-0.2, -0.15) is 0 Å². The molecule has 0 aliphatic carbocycles. The lowest BCUT2D eigenvalue weighted by molar-refractivity contribution is 0.299. The SMILES string of the molecule is COc1ccc(F)c(-c2nc(CN(C)Cc3ccon3)c(C)o2)c1. The minimum Gasteiger partial charge on any atom is -0.497 e. The van der Waals surface area contributed by atoms with Crippen molar-refractivity contribution < 1.29 is 18.1 Å². The smallest absolute Gasteiger partial charge is 0.229 e. The number of hydrogen-bond donors (Lipinski definition) is 0. The number of aromatic nitrogens is 2. The third-order valence-electron chi connectivity index (χ3n) is 3.64. The minimum absolute atomic E-state index is 0.244. The van der Waals surface area contributed by atoms with Crippen LogP contribution in [-0.2, 0) is 13.1 Å². The summed E-state index contributed by atoms with van der Waals surface area (Å²) in [4.78, 5) is 6.46. The Balaban J connectivity index is 1.80. The molecule has 24 heavy (non-hydrogen) atoms. The van der Waals surface area contributed by atoms with Crippen LogP contribution in [0.5, 0.6) is 5.75 Å². The van der Waals surface area contributed by atoms with Gasteiger partial charge in [-0.1, -0.05) is 5.16 Å². The summed E-state index contributed by atoms with van der Waals surface area (Å²) in [6, 6.07) is 6.28. The summed E-state index contributed by atoms with van der Waals surface area (Å²) < 4.78 is 29.7. The van der Waals surface area contributed by atoms with Crippen molar-refractivity contribution in [1.82, 2.24) is 15.0 Å². The van der Waals surface area contributed by atoms with Gasteiger partial charge < -0.3 is 13.7 Å². The first-order valence-corrected chi connectivity index (χ1v) is 7.45. The fraction of sp³-hybridized carbons (Fsp3) is 0.294. The van der Waals surface area contributed by atoms with Crippen LogP contribution in [0.15, 0.2) is 39.5 Å². The van der Waals surface area contributed by atoms with Crippen molar-refractivity contribution in [1.29, 1.82) is 0 Å². The lowest BCUT2D eigenvalue weighted by Crippen LogP contribution is -2.18. The maximum atomic E-state index is 14.1. The summed E-state index contributed by atoms with van der Waals surface area (Å²) in [6.07, 6.45) is 1.54. The summed E-state index contributed by atoms with van der Waals surface area (Å²) >= 11 is 0. The number of rotatable bonds is 6. The molecule has 7 heteroatoms. The second kappa shape index (κ2) is 6.84. The molecule has 0 bridgehead atoms. The molecule has 3 aromatic rings. The predicted octanol–water partition coefficient (Wildman–Crippen LogP) is 3.42. The van der Waals surface area contributed by atoms with E-state index in [-0.39, 0.29) is 11.5 Å². The molecule has 0 aliphatic heterocycles. The maximum Gasteiger partial charge on any atom is 0.229 e. The van der Waals surface area contributed by atoms with Crippen molar-refractivity contribution in [3.05, 3.63) is 53.5 Å². The lowest BCUT2D eigenvalue weighted by Gasteiger charge is -2.13. The molecule has 126 valence electrons. The highest BCUT2D eigenvalue weighted by Crippen LogP contribution is 2.28. The van der Waals surface area contributed by atoms with Crippen molar-refractivity contribution >= 4 is 0 Å². The van der Waals surface area contributed by atoms with Crippen LogP contribution >= 0.6 is 0 Å². The Morgan fingerprint density at radius 3 is 2.79 bits per heavy atom. The first kappa shape index (κ1) is 16.2. The molecule has 0 amide bonds. The Kier molecular flexibility index (Phi) is 4.61. The Labute approximate surface area is 138 Å². The molecular formula is C17H18FN3O3. The number of hydrogen-bond acceptors (Lipinski definition) is 6. The van der Waals surface area contributed by atoms with Gasteiger partial charge in [0, 0.05) is 19.2 Å². The van der Waals surface area contributed by atoms with E-state index in [1.54, 1.807) is 12.1 Å². The van der Waals surface area contributed by atoms with Crippen LogP contribution in [0.3, 0.4) is 0 Å². The van der Waals surface area contributed by atoms with Gasteiger partial charge in [0.15, 0.2) is 0 Å². The van der Waals surface area contributed by atoms with Gasteiger partial charge in [-0.15, -0.1) is 0 Å². The Morgan fingerprint density at radius 1 is 1.25 bits per heavy atom. The number of aryl methyl sites for hydroxylation is 1. The zero-order chi connectivity index (χ0) is 17.1. The van der Waals surface area contributed by atoms with E-state index in [0.717, 1.165) is 11.4 Å². The Morgan fingerprint density at radius 2 is 2.08 bits per heavy atom. The fourth-order valence-electron chi connectivity index (χ4n) is 2.39. The number of nitrogens with zero attached hydrogens (tertiary/aromatic N) is 3. The molecule has 0 fully saturated rings. The molecule has 0 saturated heterocycles. The van der Waals surface area contributed by atoms with Crippen LogP contribution in [0, 0.1) is 12.7 Å². The summed E-state index contributed by atoms with van der Waals surface area (Å²) in [5.41, 5.74) is 1.86. The van der Waals surface area contributed by atoms with Gasteiger partial charge in [0.1, 0.15) is 23.6 Å². The molecule has 1 aromatic carbocycles. The van der Waals surface area contributed by atoms with E-state index in [0.29, 0.717) is 24.6 Å². The highest BCUT2D eigenvalue weighted by molar-refractivity contribution is 5.57. The number of methoxy groups -OCH3 is 1. The fourth-order valence-corrected chi connectivity index (χ4v) is 2.39. The Bertz CT molecular complexity index is 815. The van der Waals surface area contributed by atoms with Crippen molar-refractivity contribution in [2.75, 3.05) is 14.2 Å². The van der Waals surface area contributed by atoms with Crippen LogP contribution in [-0.4, -0.2) is 29.2 Å².